The summed E-state index contributed by atoms with van der Waals surface area (Å²) >= 11 is 3.42. The molecule has 0 fully saturated rings. The summed E-state index contributed by atoms with van der Waals surface area (Å²) in [7, 11) is 0. The van der Waals surface area contributed by atoms with Crippen LogP contribution in [0.1, 0.15) is 48.2 Å². The smallest absolute Gasteiger partial charge is 0.254 e. The number of halogens is 1. The van der Waals surface area contributed by atoms with Crippen molar-refractivity contribution in [2.75, 3.05) is 13.1 Å². The summed E-state index contributed by atoms with van der Waals surface area (Å²) < 4.78 is 0.935. The van der Waals surface area contributed by atoms with Crippen LogP contribution < -0.4 is 0 Å². The predicted molar refractivity (Wildman–Crippen MR) is 142 cm³/mol. The molecule has 0 saturated carbocycles. The number of carbonyl (C=O) groups excluding carboxylic acids is 2. The lowest BCUT2D eigenvalue weighted by Crippen LogP contribution is -2.42. The van der Waals surface area contributed by atoms with E-state index in [2.05, 4.69) is 35.0 Å². The molecule has 0 aromatic heterocycles. The number of hydrogen-bond acceptors (Lipinski definition) is 2. The average Bonchev–Trinajstić information content (AvgIpc) is 2.87. The van der Waals surface area contributed by atoms with E-state index in [0.29, 0.717) is 31.6 Å². The van der Waals surface area contributed by atoms with E-state index in [0.717, 1.165) is 22.9 Å². The number of carbonyl (C=O) groups is 2. The van der Waals surface area contributed by atoms with Crippen LogP contribution in [0.3, 0.4) is 0 Å². The molecule has 0 aliphatic rings. The normalized spacial score (nSPS) is 11.6. The SMILES string of the molecule is CCC(C)N(CCC(=O)N(CCc1ccccc1)Cc1ccccc1)C(=O)c1ccc(Br)cc1. The number of nitrogens with zero attached hydrogens (tertiary/aromatic N) is 2. The molecule has 0 spiro atoms. The summed E-state index contributed by atoms with van der Waals surface area (Å²) in [6.45, 7) is 5.71. The van der Waals surface area contributed by atoms with Gasteiger partial charge in [-0.05, 0) is 55.2 Å². The van der Waals surface area contributed by atoms with Crippen molar-refractivity contribution in [2.24, 2.45) is 0 Å². The Hall–Kier alpha value is -2.92. The maximum Gasteiger partial charge on any atom is 0.254 e. The van der Waals surface area contributed by atoms with Crippen molar-refractivity contribution in [3.63, 3.8) is 0 Å². The molecule has 0 N–H and O–H groups in total. The first-order valence-corrected chi connectivity index (χ1v) is 12.7. The van der Waals surface area contributed by atoms with Gasteiger partial charge in [-0.15, -0.1) is 0 Å². The molecule has 178 valence electrons. The van der Waals surface area contributed by atoms with Crippen molar-refractivity contribution in [1.29, 1.82) is 0 Å². The summed E-state index contributed by atoms with van der Waals surface area (Å²) in [5.41, 5.74) is 2.95. The Kier molecular flexibility index (Phi) is 9.89. The summed E-state index contributed by atoms with van der Waals surface area (Å²) in [6.07, 6.45) is 1.93. The molecule has 4 nitrogen and oxygen atoms in total. The predicted octanol–water partition coefficient (Wildman–Crippen LogP) is 6.35. The van der Waals surface area contributed by atoms with Gasteiger partial charge >= 0.3 is 0 Å². The Bertz CT molecular complexity index is 1040. The Morgan fingerprint density at radius 3 is 2.00 bits per heavy atom. The lowest BCUT2D eigenvalue weighted by Gasteiger charge is -2.30. The third-order valence-electron chi connectivity index (χ3n) is 6.12. The molecule has 3 aromatic carbocycles. The van der Waals surface area contributed by atoms with E-state index < -0.39 is 0 Å². The van der Waals surface area contributed by atoms with Crippen molar-refractivity contribution in [1.82, 2.24) is 9.80 Å². The first-order chi connectivity index (χ1) is 16.5. The average molecular weight is 521 g/mol. The molecule has 0 aliphatic heterocycles. The van der Waals surface area contributed by atoms with E-state index in [9.17, 15) is 9.59 Å². The molecule has 0 bridgehead atoms. The Labute approximate surface area is 211 Å². The monoisotopic (exact) mass is 520 g/mol. The van der Waals surface area contributed by atoms with Crippen LogP contribution in [0, 0.1) is 0 Å². The van der Waals surface area contributed by atoms with Gasteiger partial charge in [-0.2, -0.15) is 0 Å². The first-order valence-electron chi connectivity index (χ1n) is 11.9. The minimum atomic E-state index is -0.0338. The van der Waals surface area contributed by atoms with Crippen molar-refractivity contribution in [3.05, 3.63) is 106 Å². The van der Waals surface area contributed by atoms with Gasteiger partial charge in [0.05, 0.1) is 0 Å². The van der Waals surface area contributed by atoms with Gasteiger partial charge in [0.15, 0.2) is 0 Å². The third-order valence-corrected chi connectivity index (χ3v) is 6.65. The third kappa shape index (κ3) is 7.56. The number of rotatable bonds is 11. The molecule has 0 radical (unpaired) electrons. The fourth-order valence-electron chi connectivity index (χ4n) is 3.88. The Morgan fingerprint density at radius 1 is 0.824 bits per heavy atom. The largest absolute Gasteiger partial charge is 0.338 e. The van der Waals surface area contributed by atoms with Gasteiger partial charge in [-0.3, -0.25) is 9.59 Å². The lowest BCUT2D eigenvalue weighted by atomic mass is 10.1. The molecule has 0 saturated heterocycles. The quantitative estimate of drug-likeness (QED) is 0.295. The summed E-state index contributed by atoms with van der Waals surface area (Å²) in [5, 5.41) is 0. The highest BCUT2D eigenvalue weighted by molar-refractivity contribution is 9.10. The minimum absolute atomic E-state index is 0.0338. The standard InChI is InChI=1S/C29H33BrN2O2/c1-3-23(2)32(29(34)26-14-16-27(30)17-15-26)21-19-28(33)31(22-25-12-8-5-9-13-25)20-18-24-10-6-4-7-11-24/h4-17,23H,3,18-22H2,1-2H3. The zero-order chi connectivity index (χ0) is 24.3. The van der Waals surface area contributed by atoms with E-state index in [1.54, 1.807) is 0 Å². The summed E-state index contributed by atoms with van der Waals surface area (Å²) in [6, 6.07) is 27.7. The Morgan fingerprint density at radius 2 is 1.41 bits per heavy atom. The fraction of sp³-hybridized carbons (Fsp3) is 0.310. The van der Waals surface area contributed by atoms with E-state index in [-0.39, 0.29) is 17.9 Å². The van der Waals surface area contributed by atoms with E-state index in [1.165, 1.54) is 5.56 Å². The first kappa shape index (κ1) is 25.7. The van der Waals surface area contributed by atoms with E-state index in [1.807, 2.05) is 89.5 Å². The van der Waals surface area contributed by atoms with E-state index in [4.69, 9.17) is 0 Å². The van der Waals surface area contributed by atoms with Gasteiger partial charge in [0.2, 0.25) is 5.91 Å². The topological polar surface area (TPSA) is 40.6 Å². The number of hydrogen-bond donors (Lipinski definition) is 0. The number of amides is 2. The maximum atomic E-state index is 13.4. The second-order valence-electron chi connectivity index (χ2n) is 8.55. The molecule has 34 heavy (non-hydrogen) atoms. The minimum Gasteiger partial charge on any atom is -0.338 e. The van der Waals surface area contributed by atoms with Crippen molar-refractivity contribution in [2.45, 2.75) is 45.7 Å². The number of benzene rings is 3. The molecule has 3 rings (SSSR count). The molecule has 0 heterocycles. The van der Waals surface area contributed by atoms with Crippen molar-refractivity contribution in [3.8, 4) is 0 Å². The molecule has 1 unspecified atom stereocenters. The molecule has 2 amide bonds. The lowest BCUT2D eigenvalue weighted by molar-refractivity contribution is -0.132. The maximum absolute atomic E-state index is 13.4. The van der Waals surface area contributed by atoms with Gasteiger partial charge < -0.3 is 9.80 Å². The van der Waals surface area contributed by atoms with Crippen LogP contribution >= 0.6 is 15.9 Å². The molecular weight excluding hydrogens is 488 g/mol. The second kappa shape index (κ2) is 13.1. The van der Waals surface area contributed by atoms with Crippen LogP contribution in [0.25, 0.3) is 0 Å². The van der Waals surface area contributed by atoms with Crippen LogP contribution in [0.2, 0.25) is 0 Å². The molecular formula is C29H33BrN2O2. The van der Waals surface area contributed by atoms with Gasteiger partial charge in [0.25, 0.3) is 5.91 Å². The molecule has 0 aliphatic carbocycles. The molecule has 5 heteroatoms. The van der Waals surface area contributed by atoms with Gasteiger partial charge in [-0.25, -0.2) is 0 Å². The van der Waals surface area contributed by atoms with Crippen LogP contribution in [0.4, 0.5) is 0 Å². The zero-order valence-electron chi connectivity index (χ0n) is 20.0. The molecule has 1 atom stereocenters. The zero-order valence-corrected chi connectivity index (χ0v) is 21.6. The van der Waals surface area contributed by atoms with Gasteiger partial charge in [0, 0.05) is 42.1 Å². The molecule has 3 aromatic rings. The van der Waals surface area contributed by atoms with Crippen LogP contribution in [-0.2, 0) is 17.8 Å². The van der Waals surface area contributed by atoms with Gasteiger partial charge in [0.1, 0.15) is 0 Å². The van der Waals surface area contributed by atoms with Crippen molar-refractivity contribution < 1.29 is 9.59 Å². The Balaban J connectivity index is 1.70. The fourth-order valence-corrected chi connectivity index (χ4v) is 4.14. The highest BCUT2D eigenvalue weighted by Crippen LogP contribution is 2.16. The van der Waals surface area contributed by atoms with Crippen molar-refractivity contribution >= 4 is 27.7 Å². The summed E-state index contributed by atoms with van der Waals surface area (Å²) in [4.78, 5) is 30.3. The van der Waals surface area contributed by atoms with Crippen LogP contribution in [0.15, 0.2) is 89.4 Å². The highest BCUT2D eigenvalue weighted by atomic mass is 79.9. The van der Waals surface area contributed by atoms with Crippen LogP contribution in [-0.4, -0.2) is 40.7 Å². The second-order valence-corrected chi connectivity index (χ2v) is 9.46. The van der Waals surface area contributed by atoms with Crippen LogP contribution in [0.5, 0.6) is 0 Å². The van der Waals surface area contributed by atoms with E-state index >= 15 is 0 Å². The van der Waals surface area contributed by atoms with Gasteiger partial charge in [-0.1, -0.05) is 83.5 Å². The summed E-state index contributed by atoms with van der Waals surface area (Å²) in [5.74, 6) is 0.0326. The highest BCUT2D eigenvalue weighted by Gasteiger charge is 2.23.